The Morgan fingerprint density at radius 2 is 2.12 bits per heavy atom. The van der Waals surface area contributed by atoms with Crippen LogP contribution >= 0.6 is 11.6 Å². The molecule has 0 fully saturated rings. The van der Waals surface area contributed by atoms with Crippen molar-refractivity contribution in [2.24, 2.45) is 0 Å². The van der Waals surface area contributed by atoms with Crippen LogP contribution in [0.5, 0.6) is 0 Å². The van der Waals surface area contributed by atoms with E-state index < -0.39 is 10.8 Å². The van der Waals surface area contributed by atoms with Crippen molar-refractivity contribution in [1.29, 1.82) is 0 Å². The number of carbonyl (C=O) groups is 1. The quantitative estimate of drug-likeness (QED) is 0.534. The summed E-state index contributed by atoms with van der Waals surface area (Å²) in [5.74, 6) is -0.451. The zero-order valence-electron chi connectivity index (χ0n) is 13.5. The fourth-order valence-corrected chi connectivity index (χ4v) is 3.02. The van der Waals surface area contributed by atoms with Crippen LogP contribution in [0.25, 0.3) is 10.9 Å². The number of nitro groups is 1. The third-order valence-electron chi connectivity index (χ3n) is 4.07. The fraction of sp³-hybridized carbons (Fsp3) is 0.167. The second-order valence-electron chi connectivity index (χ2n) is 5.74. The average Bonchev–Trinajstić information content (AvgIpc) is 2.96. The highest BCUT2D eigenvalue weighted by atomic mass is 35.5. The summed E-state index contributed by atoms with van der Waals surface area (Å²) in [5.41, 5.74) is 2.38. The molecule has 0 aliphatic rings. The number of halogens is 1. The Hall–Kier alpha value is -2.86. The number of H-pyrrole nitrogens is 1. The SMILES string of the molecule is Cc1cccc(C(=O)NCCc2c[nH]c3ccc(Cl)cc23)c1[N+](=O)[O-]. The molecule has 3 aromatic rings. The molecule has 6 nitrogen and oxygen atoms in total. The van der Waals surface area contributed by atoms with Gasteiger partial charge in [-0.25, -0.2) is 0 Å². The molecule has 0 aliphatic carbocycles. The van der Waals surface area contributed by atoms with Gasteiger partial charge in [0, 0.05) is 34.2 Å². The molecule has 0 atom stereocenters. The van der Waals surface area contributed by atoms with E-state index in [9.17, 15) is 14.9 Å². The number of nitrogens with zero attached hydrogens (tertiary/aromatic N) is 1. The minimum absolute atomic E-state index is 0.0759. The van der Waals surface area contributed by atoms with Gasteiger partial charge in [-0.15, -0.1) is 0 Å². The van der Waals surface area contributed by atoms with Crippen molar-refractivity contribution in [1.82, 2.24) is 10.3 Å². The number of carbonyl (C=O) groups excluding carboxylic acids is 1. The highest BCUT2D eigenvalue weighted by Crippen LogP contribution is 2.24. The van der Waals surface area contributed by atoms with Crippen molar-refractivity contribution >= 4 is 34.1 Å². The minimum Gasteiger partial charge on any atom is -0.361 e. The topological polar surface area (TPSA) is 88.0 Å². The number of aryl methyl sites for hydroxylation is 1. The van der Waals surface area contributed by atoms with E-state index in [1.54, 1.807) is 19.1 Å². The summed E-state index contributed by atoms with van der Waals surface area (Å²) in [6.45, 7) is 1.98. The number of para-hydroxylation sites is 1. The molecule has 1 heterocycles. The van der Waals surface area contributed by atoms with Gasteiger partial charge >= 0.3 is 0 Å². The number of hydrogen-bond donors (Lipinski definition) is 2. The Balaban J connectivity index is 1.72. The summed E-state index contributed by atoms with van der Waals surface area (Å²) >= 11 is 6.03. The van der Waals surface area contributed by atoms with Crippen LogP contribution in [0, 0.1) is 17.0 Å². The van der Waals surface area contributed by atoms with Gasteiger partial charge in [0.15, 0.2) is 0 Å². The Morgan fingerprint density at radius 1 is 1.32 bits per heavy atom. The number of amides is 1. The number of aromatic nitrogens is 1. The summed E-state index contributed by atoms with van der Waals surface area (Å²) in [4.78, 5) is 26.2. The van der Waals surface area contributed by atoms with Crippen LogP contribution < -0.4 is 5.32 Å². The maximum Gasteiger partial charge on any atom is 0.285 e. The molecule has 7 heteroatoms. The lowest BCUT2D eigenvalue weighted by molar-refractivity contribution is -0.385. The number of nitro benzene ring substituents is 1. The van der Waals surface area contributed by atoms with Gasteiger partial charge in [-0.1, -0.05) is 23.7 Å². The second kappa shape index (κ2) is 6.94. The number of hydrogen-bond acceptors (Lipinski definition) is 3. The molecule has 0 spiro atoms. The number of fused-ring (bicyclic) bond motifs is 1. The zero-order chi connectivity index (χ0) is 18.0. The molecule has 128 valence electrons. The Labute approximate surface area is 149 Å². The van der Waals surface area contributed by atoms with E-state index in [4.69, 9.17) is 11.6 Å². The largest absolute Gasteiger partial charge is 0.361 e. The van der Waals surface area contributed by atoms with Crippen molar-refractivity contribution in [2.45, 2.75) is 13.3 Å². The molecular formula is C18H16ClN3O3. The highest BCUT2D eigenvalue weighted by molar-refractivity contribution is 6.31. The molecular weight excluding hydrogens is 342 g/mol. The van der Waals surface area contributed by atoms with Gasteiger partial charge in [-0.3, -0.25) is 14.9 Å². The Morgan fingerprint density at radius 3 is 2.88 bits per heavy atom. The van der Waals surface area contributed by atoms with Gasteiger partial charge < -0.3 is 10.3 Å². The van der Waals surface area contributed by atoms with Gasteiger partial charge in [-0.05, 0) is 43.2 Å². The Kier molecular flexibility index (Phi) is 4.72. The smallest absolute Gasteiger partial charge is 0.285 e. The molecule has 0 saturated carbocycles. The molecule has 0 radical (unpaired) electrons. The van der Waals surface area contributed by atoms with E-state index in [1.165, 1.54) is 6.07 Å². The van der Waals surface area contributed by atoms with Crippen LogP contribution in [0.2, 0.25) is 5.02 Å². The van der Waals surface area contributed by atoms with Crippen LogP contribution in [0.4, 0.5) is 5.69 Å². The normalized spacial score (nSPS) is 10.8. The van der Waals surface area contributed by atoms with Gasteiger partial charge in [0.1, 0.15) is 5.56 Å². The van der Waals surface area contributed by atoms with Gasteiger partial charge in [0.2, 0.25) is 0 Å². The van der Waals surface area contributed by atoms with E-state index in [0.29, 0.717) is 23.6 Å². The maximum absolute atomic E-state index is 12.3. The average molecular weight is 358 g/mol. The number of aromatic amines is 1. The van der Waals surface area contributed by atoms with Crippen molar-refractivity contribution < 1.29 is 9.72 Å². The van der Waals surface area contributed by atoms with Crippen LogP contribution in [-0.2, 0) is 6.42 Å². The molecule has 2 aromatic carbocycles. The lowest BCUT2D eigenvalue weighted by atomic mass is 10.1. The molecule has 25 heavy (non-hydrogen) atoms. The number of nitrogens with one attached hydrogen (secondary N) is 2. The van der Waals surface area contributed by atoms with Gasteiger partial charge in [0.05, 0.1) is 4.92 Å². The van der Waals surface area contributed by atoms with E-state index >= 15 is 0 Å². The molecule has 2 N–H and O–H groups in total. The first-order valence-electron chi connectivity index (χ1n) is 7.75. The number of rotatable bonds is 5. The van der Waals surface area contributed by atoms with Crippen molar-refractivity contribution in [3.8, 4) is 0 Å². The first-order valence-corrected chi connectivity index (χ1v) is 8.13. The van der Waals surface area contributed by atoms with Crippen LogP contribution in [0.3, 0.4) is 0 Å². The molecule has 0 aliphatic heterocycles. The van der Waals surface area contributed by atoms with Gasteiger partial charge in [-0.2, -0.15) is 0 Å². The summed E-state index contributed by atoms with van der Waals surface area (Å²) < 4.78 is 0. The van der Waals surface area contributed by atoms with Crippen LogP contribution in [-0.4, -0.2) is 22.4 Å². The zero-order valence-corrected chi connectivity index (χ0v) is 14.3. The molecule has 0 unspecified atom stereocenters. The number of benzene rings is 2. The van der Waals surface area contributed by atoms with E-state index in [0.717, 1.165) is 16.5 Å². The molecule has 0 saturated heterocycles. The third-order valence-corrected chi connectivity index (χ3v) is 4.31. The monoisotopic (exact) mass is 357 g/mol. The molecule has 1 aromatic heterocycles. The third kappa shape index (κ3) is 3.49. The summed E-state index contributed by atoms with van der Waals surface area (Å²) in [7, 11) is 0. The minimum atomic E-state index is -0.522. The first-order chi connectivity index (χ1) is 12.0. The standard InChI is InChI=1S/C18H16ClN3O3/c1-11-3-2-4-14(17(11)22(24)25)18(23)20-8-7-12-10-21-16-6-5-13(19)9-15(12)16/h2-6,9-10,21H,7-8H2,1H3,(H,20,23). The van der Waals surface area contributed by atoms with Crippen molar-refractivity contribution in [3.63, 3.8) is 0 Å². The highest BCUT2D eigenvalue weighted by Gasteiger charge is 2.22. The molecule has 3 rings (SSSR count). The lowest BCUT2D eigenvalue weighted by Gasteiger charge is -2.07. The predicted octanol–water partition coefficient (Wildman–Crippen LogP) is 4.01. The van der Waals surface area contributed by atoms with Crippen LogP contribution in [0.1, 0.15) is 21.5 Å². The Bertz CT molecular complexity index is 965. The molecule has 1 amide bonds. The van der Waals surface area contributed by atoms with Crippen molar-refractivity contribution in [2.75, 3.05) is 6.54 Å². The summed E-state index contributed by atoms with van der Waals surface area (Å²) in [5, 5.41) is 15.6. The summed E-state index contributed by atoms with van der Waals surface area (Å²) in [6.07, 6.45) is 2.47. The second-order valence-corrected chi connectivity index (χ2v) is 6.17. The lowest BCUT2D eigenvalue weighted by Crippen LogP contribution is -2.26. The van der Waals surface area contributed by atoms with Gasteiger partial charge in [0.25, 0.3) is 11.6 Å². The maximum atomic E-state index is 12.3. The molecule has 0 bridgehead atoms. The summed E-state index contributed by atoms with van der Waals surface area (Å²) in [6, 6.07) is 10.3. The van der Waals surface area contributed by atoms with E-state index in [-0.39, 0.29) is 11.3 Å². The fourth-order valence-electron chi connectivity index (χ4n) is 2.85. The van der Waals surface area contributed by atoms with Crippen molar-refractivity contribution in [3.05, 3.63) is 74.4 Å². The van der Waals surface area contributed by atoms with E-state index in [2.05, 4.69) is 10.3 Å². The first kappa shape index (κ1) is 17.0. The van der Waals surface area contributed by atoms with E-state index in [1.807, 2.05) is 24.4 Å². The predicted molar refractivity (Wildman–Crippen MR) is 97.2 cm³/mol. The van der Waals surface area contributed by atoms with Crippen LogP contribution in [0.15, 0.2) is 42.6 Å².